The molecule has 1 aromatic carbocycles. The first-order chi connectivity index (χ1) is 8.08. The van der Waals surface area contributed by atoms with E-state index in [4.69, 9.17) is 0 Å². The van der Waals surface area contributed by atoms with Gasteiger partial charge in [-0.25, -0.2) is 0 Å². The van der Waals surface area contributed by atoms with Crippen LogP contribution >= 0.6 is 0 Å². The molecular weight excluding hydrogens is 212 g/mol. The van der Waals surface area contributed by atoms with Gasteiger partial charge in [0.2, 0.25) is 5.91 Å². The number of aryl methyl sites for hydroxylation is 1. The third kappa shape index (κ3) is 3.86. The number of nitrogens with one attached hydrogen (secondary N) is 2. The van der Waals surface area contributed by atoms with Crippen molar-refractivity contribution >= 4 is 5.91 Å². The fraction of sp³-hybridized carbons (Fsp3) is 0.500. The summed E-state index contributed by atoms with van der Waals surface area (Å²) in [4.78, 5) is 11.7. The van der Waals surface area contributed by atoms with Crippen LogP contribution in [0.2, 0.25) is 0 Å². The number of amides is 1. The minimum atomic E-state index is -0.160. The minimum Gasteiger partial charge on any atom is -0.348 e. The summed E-state index contributed by atoms with van der Waals surface area (Å²) in [6.45, 7) is 5.98. The second-order valence-electron chi connectivity index (χ2n) is 4.34. The highest BCUT2D eigenvalue weighted by Gasteiger charge is 2.13. The first kappa shape index (κ1) is 13.7. The van der Waals surface area contributed by atoms with Gasteiger partial charge in [0.1, 0.15) is 0 Å². The number of likely N-dealkylation sites (N-methyl/N-ethyl adjacent to an activating group) is 1. The number of hydrogen-bond acceptors (Lipinski definition) is 2. The van der Waals surface area contributed by atoms with Crippen molar-refractivity contribution in [3.05, 3.63) is 35.4 Å². The second kappa shape index (κ2) is 6.40. The molecule has 0 saturated carbocycles. The fourth-order valence-electron chi connectivity index (χ4n) is 1.59. The third-order valence-corrected chi connectivity index (χ3v) is 3.07. The van der Waals surface area contributed by atoms with Gasteiger partial charge in [0.15, 0.2) is 0 Å². The Morgan fingerprint density at radius 2 is 1.82 bits per heavy atom. The first-order valence-electron chi connectivity index (χ1n) is 6.15. The molecular formula is C14H22N2O. The van der Waals surface area contributed by atoms with Crippen molar-refractivity contribution in [1.82, 2.24) is 10.6 Å². The zero-order valence-corrected chi connectivity index (χ0v) is 11.1. The average Bonchev–Trinajstić information content (AvgIpc) is 2.37. The lowest BCUT2D eigenvalue weighted by Crippen LogP contribution is -2.41. The number of hydrogen-bond donors (Lipinski definition) is 2. The monoisotopic (exact) mass is 234 g/mol. The molecule has 2 atom stereocenters. The molecule has 1 amide bonds. The summed E-state index contributed by atoms with van der Waals surface area (Å²) in [5.74, 6) is 0.0274. The van der Waals surface area contributed by atoms with E-state index < -0.39 is 0 Å². The van der Waals surface area contributed by atoms with E-state index in [2.05, 4.69) is 41.8 Å². The molecule has 3 nitrogen and oxygen atoms in total. The van der Waals surface area contributed by atoms with Crippen molar-refractivity contribution in [1.29, 1.82) is 0 Å². The summed E-state index contributed by atoms with van der Waals surface area (Å²) in [6.07, 6.45) is 1.04. The summed E-state index contributed by atoms with van der Waals surface area (Å²) in [5.41, 5.74) is 2.45. The molecule has 0 spiro atoms. The Hall–Kier alpha value is -1.35. The smallest absolute Gasteiger partial charge is 0.237 e. The molecule has 2 unspecified atom stereocenters. The summed E-state index contributed by atoms with van der Waals surface area (Å²) >= 11 is 0. The van der Waals surface area contributed by atoms with Gasteiger partial charge in [-0.2, -0.15) is 0 Å². The van der Waals surface area contributed by atoms with Gasteiger partial charge in [-0.05, 0) is 38.4 Å². The van der Waals surface area contributed by atoms with Crippen molar-refractivity contribution in [3.8, 4) is 0 Å². The SMILES string of the molecule is CCc1ccc(C(C)NC(=O)C(C)NC)cc1. The summed E-state index contributed by atoms with van der Waals surface area (Å²) in [6, 6.07) is 8.26. The van der Waals surface area contributed by atoms with E-state index in [1.807, 2.05) is 13.8 Å². The second-order valence-corrected chi connectivity index (χ2v) is 4.34. The average molecular weight is 234 g/mol. The van der Waals surface area contributed by atoms with Crippen molar-refractivity contribution in [2.45, 2.75) is 39.3 Å². The normalized spacial score (nSPS) is 14.1. The molecule has 0 heterocycles. The molecule has 17 heavy (non-hydrogen) atoms. The molecule has 0 aliphatic carbocycles. The van der Waals surface area contributed by atoms with Crippen LogP contribution in [0.5, 0.6) is 0 Å². The van der Waals surface area contributed by atoms with Crippen LogP contribution in [0.15, 0.2) is 24.3 Å². The topological polar surface area (TPSA) is 41.1 Å². The molecule has 2 N–H and O–H groups in total. The highest BCUT2D eigenvalue weighted by atomic mass is 16.2. The van der Waals surface area contributed by atoms with Gasteiger partial charge in [0, 0.05) is 0 Å². The molecule has 0 aliphatic heterocycles. The van der Waals surface area contributed by atoms with E-state index in [-0.39, 0.29) is 18.0 Å². The molecule has 0 saturated heterocycles. The number of carbonyl (C=O) groups is 1. The van der Waals surface area contributed by atoms with Crippen LogP contribution in [-0.4, -0.2) is 19.0 Å². The number of rotatable bonds is 5. The molecule has 94 valence electrons. The van der Waals surface area contributed by atoms with Crippen LogP contribution in [0.25, 0.3) is 0 Å². The predicted octanol–water partition coefficient (Wildman–Crippen LogP) is 2.03. The maximum Gasteiger partial charge on any atom is 0.237 e. The molecule has 3 heteroatoms. The number of benzene rings is 1. The van der Waals surface area contributed by atoms with E-state index in [0.29, 0.717) is 0 Å². The minimum absolute atomic E-state index is 0.0274. The van der Waals surface area contributed by atoms with Gasteiger partial charge in [-0.3, -0.25) is 4.79 Å². The third-order valence-electron chi connectivity index (χ3n) is 3.07. The van der Waals surface area contributed by atoms with Crippen molar-refractivity contribution < 1.29 is 4.79 Å². The quantitative estimate of drug-likeness (QED) is 0.818. The van der Waals surface area contributed by atoms with Crippen LogP contribution in [0.4, 0.5) is 0 Å². The van der Waals surface area contributed by atoms with E-state index in [0.717, 1.165) is 12.0 Å². The molecule has 1 rings (SSSR count). The van der Waals surface area contributed by atoms with Gasteiger partial charge >= 0.3 is 0 Å². The van der Waals surface area contributed by atoms with Crippen LogP contribution in [0.3, 0.4) is 0 Å². The Balaban J connectivity index is 2.63. The van der Waals surface area contributed by atoms with Crippen LogP contribution in [0.1, 0.15) is 37.9 Å². The largest absolute Gasteiger partial charge is 0.348 e. The van der Waals surface area contributed by atoms with Gasteiger partial charge in [-0.1, -0.05) is 31.2 Å². The van der Waals surface area contributed by atoms with Gasteiger partial charge in [0.25, 0.3) is 0 Å². The van der Waals surface area contributed by atoms with E-state index >= 15 is 0 Å². The Morgan fingerprint density at radius 1 is 1.24 bits per heavy atom. The summed E-state index contributed by atoms with van der Waals surface area (Å²) in [7, 11) is 1.78. The Bertz CT molecular complexity index is 359. The van der Waals surface area contributed by atoms with Crippen LogP contribution in [0, 0.1) is 0 Å². The van der Waals surface area contributed by atoms with E-state index in [9.17, 15) is 4.79 Å². The maximum atomic E-state index is 11.7. The van der Waals surface area contributed by atoms with E-state index in [1.54, 1.807) is 7.05 Å². The van der Waals surface area contributed by atoms with Crippen molar-refractivity contribution in [3.63, 3.8) is 0 Å². The molecule has 0 bridgehead atoms. The fourth-order valence-corrected chi connectivity index (χ4v) is 1.59. The highest BCUT2D eigenvalue weighted by Crippen LogP contribution is 2.13. The van der Waals surface area contributed by atoms with Crippen molar-refractivity contribution in [2.24, 2.45) is 0 Å². The van der Waals surface area contributed by atoms with Gasteiger partial charge in [0.05, 0.1) is 12.1 Å². The zero-order chi connectivity index (χ0) is 12.8. The molecule has 0 aliphatic rings. The standard InChI is InChI=1S/C14H22N2O/c1-5-12-6-8-13(9-7-12)10(2)16-14(17)11(3)15-4/h6-11,15H,5H2,1-4H3,(H,16,17). The van der Waals surface area contributed by atoms with Gasteiger partial charge < -0.3 is 10.6 Å². The van der Waals surface area contributed by atoms with Gasteiger partial charge in [-0.15, -0.1) is 0 Å². The lowest BCUT2D eigenvalue weighted by molar-refractivity contribution is -0.123. The predicted molar refractivity (Wildman–Crippen MR) is 70.9 cm³/mol. The molecule has 1 aromatic rings. The molecule has 0 radical (unpaired) electrons. The Kier molecular flexibility index (Phi) is 5.16. The summed E-state index contributed by atoms with van der Waals surface area (Å²) < 4.78 is 0. The van der Waals surface area contributed by atoms with Crippen molar-refractivity contribution in [2.75, 3.05) is 7.05 Å². The summed E-state index contributed by atoms with van der Waals surface area (Å²) in [5, 5.41) is 5.91. The zero-order valence-electron chi connectivity index (χ0n) is 11.1. The van der Waals surface area contributed by atoms with E-state index in [1.165, 1.54) is 5.56 Å². The van der Waals surface area contributed by atoms with Crippen LogP contribution < -0.4 is 10.6 Å². The Morgan fingerprint density at radius 3 is 2.29 bits per heavy atom. The lowest BCUT2D eigenvalue weighted by atomic mass is 10.0. The maximum absolute atomic E-state index is 11.7. The first-order valence-corrected chi connectivity index (χ1v) is 6.15. The van der Waals surface area contributed by atoms with Crippen LogP contribution in [-0.2, 0) is 11.2 Å². The lowest BCUT2D eigenvalue weighted by Gasteiger charge is -2.17. The number of carbonyl (C=O) groups excluding carboxylic acids is 1. The molecule has 0 aromatic heterocycles. The highest BCUT2D eigenvalue weighted by molar-refractivity contribution is 5.81. The molecule has 0 fully saturated rings. The Labute approximate surface area is 104 Å².